The van der Waals surface area contributed by atoms with E-state index in [4.69, 9.17) is 22.6 Å². The summed E-state index contributed by atoms with van der Waals surface area (Å²) >= 11 is 6.15. The molecule has 0 radical (unpaired) electrons. The van der Waals surface area contributed by atoms with E-state index in [1.807, 2.05) is 10.6 Å². The molecule has 0 aliphatic carbocycles. The number of piperidine rings is 1. The average molecular weight is 404 g/mol. The second kappa shape index (κ2) is 6.96. The number of nitrogens with two attached hydrogens (primary N) is 1. The van der Waals surface area contributed by atoms with Gasteiger partial charge in [0.25, 0.3) is 5.92 Å². The van der Waals surface area contributed by atoms with Crippen LogP contribution in [-0.2, 0) is 6.54 Å². The van der Waals surface area contributed by atoms with E-state index >= 15 is 0 Å². The summed E-state index contributed by atoms with van der Waals surface area (Å²) in [5, 5.41) is 9.41. The monoisotopic (exact) mass is 403 g/mol. The van der Waals surface area contributed by atoms with Crippen molar-refractivity contribution in [3.63, 3.8) is 0 Å². The molecule has 2 aromatic heterocycles. The first-order valence-electron chi connectivity index (χ1n) is 8.62. The molecule has 7 nitrogen and oxygen atoms in total. The third kappa shape index (κ3) is 3.37. The maximum absolute atomic E-state index is 13.8. The Morgan fingerprint density at radius 3 is 2.82 bits per heavy atom. The van der Waals surface area contributed by atoms with Crippen LogP contribution < -0.4 is 10.6 Å². The molecule has 1 unspecified atom stereocenters. The Bertz CT molecular complexity index is 1060. The van der Waals surface area contributed by atoms with Crippen molar-refractivity contribution in [1.82, 2.24) is 19.5 Å². The van der Waals surface area contributed by atoms with Crippen LogP contribution in [0.2, 0.25) is 5.02 Å². The smallest absolute Gasteiger partial charge is 0.266 e. The van der Waals surface area contributed by atoms with Gasteiger partial charge in [-0.25, -0.2) is 18.7 Å². The average Bonchev–Trinajstić information content (AvgIpc) is 3.02. The molecule has 1 aromatic carbocycles. The summed E-state index contributed by atoms with van der Waals surface area (Å²) in [6.45, 7) is 0.424. The Morgan fingerprint density at radius 2 is 2.14 bits per heavy atom. The lowest BCUT2D eigenvalue weighted by Gasteiger charge is -2.37. The molecule has 1 aliphatic heterocycles. The number of imidazole rings is 1. The highest BCUT2D eigenvalue weighted by atomic mass is 35.5. The lowest BCUT2D eigenvalue weighted by Crippen LogP contribution is -2.55. The van der Waals surface area contributed by atoms with Gasteiger partial charge in [0.1, 0.15) is 6.07 Å². The molecule has 3 heterocycles. The Balaban J connectivity index is 1.75. The normalized spacial score (nSPS) is 19.0. The summed E-state index contributed by atoms with van der Waals surface area (Å²) in [7, 11) is 0. The van der Waals surface area contributed by atoms with Gasteiger partial charge in [-0.2, -0.15) is 5.26 Å². The number of benzene rings is 1. The number of nitriles is 1. The van der Waals surface area contributed by atoms with Crippen LogP contribution in [0.4, 0.5) is 14.7 Å². The highest BCUT2D eigenvalue weighted by Gasteiger charge is 2.42. The van der Waals surface area contributed by atoms with Gasteiger partial charge in [-0.1, -0.05) is 11.6 Å². The zero-order valence-corrected chi connectivity index (χ0v) is 15.4. The summed E-state index contributed by atoms with van der Waals surface area (Å²) in [5.74, 6) is -2.37. The van der Waals surface area contributed by atoms with E-state index < -0.39 is 12.0 Å². The zero-order chi connectivity index (χ0) is 19.9. The van der Waals surface area contributed by atoms with E-state index in [1.165, 1.54) is 12.4 Å². The van der Waals surface area contributed by atoms with Crippen LogP contribution in [0.1, 0.15) is 17.8 Å². The maximum Gasteiger partial charge on any atom is 0.266 e. The number of rotatable bonds is 3. The Kier molecular flexibility index (Phi) is 4.61. The fraction of sp³-hybridized carbons (Fsp3) is 0.333. The van der Waals surface area contributed by atoms with E-state index in [1.54, 1.807) is 23.1 Å². The quantitative estimate of drug-likeness (QED) is 0.722. The molecule has 1 atom stereocenters. The molecule has 0 bridgehead atoms. The molecule has 4 rings (SSSR count). The van der Waals surface area contributed by atoms with Gasteiger partial charge in [-0.3, -0.25) is 4.98 Å². The first-order valence-corrected chi connectivity index (χ1v) is 9.00. The van der Waals surface area contributed by atoms with Gasteiger partial charge in [-0.05, 0) is 18.2 Å². The van der Waals surface area contributed by atoms with E-state index in [-0.39, 0.29) is 25.2 Å². The summed E-state index contributed by atoms with van der Waals surface area (Å²) in [4.78, 5) is 14.7. The van der Waals surface area contributed by atoms with Crippen molar-refractivity contribution < 1.29 is 8.78 Å². The summed E-state index contributed by atoms with van der Waals surface area (Å²) in [6, 6.07) is 5.92. The minimum atomic E-state index is -2.89. The molecule has 1 aliphatic rings. The van der Waals surface area contributed by atoms with Crippen LogP contribution >= 0.6 is 11.6 Å². The van der Waals surface area contributed by atoms with Crippen molar-refractivity contribution in [2.24, 2.45) is 5.73 Å². The van der Waals surface area contributed by atoms with Gasteiger partial charge in [0.15, 0.2) is 5.69 Å². The predicted molar refractivity (Wildman–Crippen MR) is 100 cm³/mol. The number of hydrogen-bond acceptors (Lipinski definition) is 6. The second-order valence-electron chi connectivity index (χ2n) is 6.70. The van der Waals surface area contributed by atoms with Crippen molar-refractivity contribution in [3.05, 3.63) is 47.0 Å². The van der Waals surface area contributed by atoms with E-state index in [2.05, 4.69) is 15.0 Å². The van der Waals surface area contributed by atoms with Crippen LogP contribution in [0, 0.1) is 11.3 Å². The SMILES string of the molecule is N#Cc1cnc(Cn2c(N3CCC(F)(F)C(N)C3)nc3ccc(Cl)cc32)cn1. The highest BCUT2D eigenvalue weighted by molar-refractivity contribution is 6.31. The Morgan fingerprint density at radius 1 is 1.32 bits per heavy atom. The molecule has 144 valence electrons. The largest absolute Gasteiger partial charge is 0.340 e. The molecule has 1 saturated heterocycles. The molecular formula is C18H16ClF2N7. The lowest BCUT2D eigenvalue weighted by molar-refractivity contribution is -0.0395. The van der Waals surface area contributed by atoms with Crippen molar-refractivity contribution >= 4 is 28.6 Å². The van der Waals surface area contributed by atoms with Gasteiger partial charge in [-0.15, -0.1) is 0 Å². The standard InChI is InChI=1S/C18H16ClF2N7/c19-11-1-2-14-15(5-11)28(9-13-8-24-12(6-22)7-25-13)17(26-14)27-4-3-18(20,21)16(23)10-27/h1-2,5,7-8,16H,3-4,9-10,23H2. The molecule has 10 heteroatoms. The fourth-order valence-electron chi connectivity index (χ4n) is 3.25. The minimum absolute atomic E-state index is 0.0108. The third-order valence-electron chi connectivity index (χ3n) is 4.79. The van der Waals surface area contributed by atoms with Crippen molar-refractivity contribution in [2.75, 3.05) is 18.0 Å². The summed E-state index contributed by atoms with van der Waals surface area (Å²) < 4.78 is 29.5. The fourth-order valence-corrected chi connectivity index (χ4v) is 3.42. The van der Waals surface area contributed by atoms with Gasteiger partial charge >= 0.3 is 0 Å². The van der Waals surface area contributed by atoms with E-state index in [9.17, 15) is 8.78 Å². The topological polar surface area (TPSA) is 96.7 Å². The van der Waals surface area contributed by atoms with Crippen molar-refractivity contribution in [3.8, 4) is 6.07 Å². The number of nitrogens with zero attached hydrogens (tertiary/aromatic N) is 6. The molecule has 0 spiro atoms. The van der Waals surface area contributed by atoms with E-state index in [0.717, 1.165) is 5.52 Å². The third-order valence-corrected chi connectivity index (χ3v) is 5.02. The number of fused-ring (bicyclic) bond motifs is 1. The van der Waals surface area contributed by atoms with Crippen LogP contribution in [0.3, 0.4) is 0 Å². The number of hydrogen-bond donors (Lipinski definition) is 1. The zero-order valence-electron chi connectivity index (χ0n) is 14.7. The highest BCUT2D eigenvalue weighted by Crippen LogP contribution is 2.32. The van der Waals surface area contributed by atoms with Crippen molar-refractivity contribution in [2.45, 2.75) is 24.9 Å². The van der Waals surface area contributed by atoms with Gasteiger partial charge in [0, 0.05) is 24.5 Å². The van der Waals surface area contributed by atoms with Gasteiger partial charge in [0.05, 0.1) is 41.7 Å². The van der Waals surface area contributed by atoms with Crippen LogP contribution in [0.5, 0.6) is 0 Å². The number of aromatic nitrogens is 4. The molecule has 3 aromatic rings. The van der Waals surface area contributed by atoms with Gasteiger partial charge < -0.3 is 15.2 Å². The molecule has 1 fully saturated rings. The number of halogens is 3. The maximum atomic E-state index is 13.8. The molecular weight excluding hydrogens is 388 g/mol. The number of anilines is 1. The predicted octanol–water partition coefficient (Wildman–Crippen LogP) is 2.57. The molecule has 2 N–H and O–H groups in total. The first-order chi connectivity index (χ1) is 13.4. The Hall–Kier alpha value is -2.83. The molecule has 0 amide bonds. The lowest BCUT2D eigenvalue weighted by atomic mass is 10.0. The van der Waals surface area contributed by atoms with Crippen LogP contribution in [0.25, 0.3) is 11.0 Å². The minimum Gasteiger partial charge on any atom is -0.340 e. The molecule has 28 heavy (non-hydrogen) atoms. The first kappa shape index (κ1) is 18.5. The molecule has 0 saturated carbocycles. The number of alkyl halides is 2. The second-order valence-corrected chi connectivity index (χ2v) is 7.14. The van der Waals surface area contributed by atoms with Crippen molar-refractivity contribution in [1.29, 1.82) is 5.26 Å². The van der Waals surface area contributed by atoms with Crippen LogP contribution in [-0.4, -0.2) is 44.6 Å². The van der Waals surface area contributed by atoms with E-state index in [0.29, 0.717) is 28.7 Å². The van der Waals surface area contributed by atoms with Gasteiger partial charge in [0.2, 0.25) is 5.95 Å². The summed E-state index contributed by atoms with van der Waals surface area (Å²) in [5.41, 5.74) is 7.94. The summed E-state index contributed by atoms with van der Waals surface area (Å²) in [6.07, 6.45) is 2.56. The Labute approximate surface area is 164 Å². The van der Waals surface area contributed by atoms with Crippen LogP contribution in [0.15, 0.2) is 30.6 Å².